The number of hydrogen-bond acceptors (Lipinski definition) is 4. The maximum absolute atomic E-state index is 12.6. The van der Waals surface area contributed by atoms with Crippen molar-refractivity contribution in [3.8, 4) is 0 Å². The van der Waals surface area contributed by atoms with Gasteiger partial charge < -0.3 is 14.4 Å². The minimum absolute atomic E-state index is 0.0265. The van der Waals surface area contributed by atoms with Gasteiger partial charge in [0.05, 0.1) is 13.2 Å². The van der Waals surface area contributed by atoms with Crippen molar-refractivity contribution in [2.75, 3.05) is 39.4 Å². The molecule has 0 aromatic heterocycles. The number of likely N-dealkylation sites (tertiary alicyclic amines) is 1. The van der Waals surface area contributed by atoms with Crippen molar-refractivity contribution in [3.63, 3.8) is 0 Å². The zero-order chi connectivity index (χ0) is 19.2. The monoisotopic (exact) mass is 380 g/mol. The van der Waals surface area contributed by atoms with Gasteiger partial charge in [0.2, 0.25) is 0 Å². The Hall–Kier alpha value is -2.37. The summed E-state index contributed by atoms with van der Waals surface area (Å²) in [6.45, 7) is 5.17. The van der Waals surface area contributed by atoms with Crippen molar-refractivity contribution >= 4 is 6.09 Å². The van der Waals surface area contributed by atoms with E-state index in [0.717, 1.165) is 44.7 Å². The van der Waals surface area contributed by atoms with E-state index in [0.29, 0.717) is 19.7 Å². The molecule has 4 rings (SSSR count). The van der Waals surface area contributed by atoms with Gasteiger partial charge in [-0.1, -0.05) is 60.7 Å². The summed E-state index contributed by atoms with van der Waals surface area (Å²) in [7, 11) is 0. The topological polar surface area (TPSA) is 42.0 Å². The highest BCUT2D eigenvalue weighted by atomic mass is 16.6. The van der Waals surface area contributed by atoms with E-state index in [9.17, 15) is 4.79 Å². The van der Waals surface area contributed by atoms with Crippen LogP contribution >= 0.6 is 0 Å². The molecule has 5 heteroatoms. The summed E-state index contributed by atoms with van der Waals surface area (Å²) in [4.78, 5) is 17.0. The number of benzene rings is 2. The fraction of sp³-hybridized carbons (Fsp3) is 0.435. The van der Waals surface area contributed by atoms with Crippen LogP contribution in [0, 0.1) is 0 Å². The number of piperidine rings is 1. The maximum Gasteiger partial charge on any atom is 0.410 e. The number of rotatable bonds is 4. The van der Waals surface area contributed by atoms with E-state index >= 15 is 0 Å². The number of hydrogen-bond donors (Lipinski definition) is 0. The van der Waals surface area contributed by atoms with Crippen molar-refractivity contribution in [2.24, 2.45) is 0 Å². The molecule has 0 unspecified atom stereocenters. The minimum atomic E-state index is -0.215. The first-order chi connectivity index (χ1) is 13.8. The number of carbonyl (C=O) groups excluding carboxylic acids is 1. The largest absolute Gasteiger partial charge is 0.445 e. The Bertz CT molecular complexity index is 752. The van der Waals surface area contributed by atoms with Gasteiger partial charge in [0.15, 0.2) is 0 Å². The molecule has 5 nitrogen and oxygen atoms in total. The molecule has 0 radical (unpaired) electrons. The lowest BCUT2D eigenvalue weighted by atomic mass is 9.79. The van der Waals surface area contributed by atoms with Crippen LogP contribution in [-0.4, -0.2) is 55.3 Å². The summed E-state index contributed by atoms with van der Waals surface area (Å²) >= 11 is 0. The highest BCUT2D eigenvalue weighted by molar-refractivity contribution is 5.67. The highest BCUT2D eigenvalue weighted by Gasteiger charge is 2.42. The number of nitrogens with zero attached hydrogens (tertiary/aromatic N) is 2. The molecule has 2 fully saturated rings. The second kappa shape index (κ2) is 8.76. The molecule has 0 atom stereocenters. The summed E-state index contributed by atoms with van der Waals surface area (Å²) in [5, 5.41) is 0. The van der Waals surface area contributed by atoms with Gasteiger partial charge in [0.1, 0.15) is 6.61 Å². The molecule has 2 heterocycles. The number of carbonyl (C=O) groups is 1. The molecule has 2 aromatic rings. The van der Waals surface area contributed by atoms with Gasteiger partial charge in [-0.15, -0.1) is 0 Å². The summed E-state index contributed by atoms with van der Waals surface area (Å²) in [5.74, 6) is 0. The third kappa shape index (κ3) is 4.05. The van der Waals surface area contributed by atoms with Crippen molar-refractivity contribution < 1.29 is 14.3 Å². The molecule has 148 valence electrons. The molecule has 2 aliphatic heterocycles. The molecule has 0 spiro atoms. The van der Waals surface area contributed by atoms with E-state index in [-0.39, 0.29) is 11.6 Å². The first-order valence-corrected chi connectivity index (χ1v) is 10.1. The van der Waals surface area contributed by atoms with E-state index < -0.39 is 0 Å². The Morgan fingerprint density at radius 3 is 2.14 bits per heavy atom. The van der Waals surface area contributed by atoms with Gasteiger partial charge in [0, 0.05) is 31.7 Å². The Morgan fingerprint density at radius 2 is 1.50 bits per heavy atom. The SMILES string of the molecule is O=C(OCc1ccccc1)N1CCC(c2ccccc2)(N2CCOCC2)CC1. The molecule has 0 aliphatic carbocycles. The van der Waals surface area contributed by atoms with Crippen LogP contribution in [0.1, 0.15) is 24.0 Å². The van der Waals surface area contributed by atoms with Gasteiger partial charge in [-0.25, -0.2) is 4.79 Å². The minimum Gasteiger partial charge on any atom is -0.445 e. The van der Waals surface area contributed by atoms with Crippen molar-refractivity contribution in [3.05, 3.63) is 71.8 Å². The van der Waals surface area contributed by atoms with Gasteiger partial charge >= 0.3 is 6.09 Å². The van der Waals surface area contributed by atoms with Crippen LogP contribution in [-0.2, 0) is 21.6 Å². The van der Waals surface area contributed by atoms with Crippen LogP contribution in [0.5, 0.6) is 0 Å². The molecule has 0 bridgehead atoms. The van der Waals surface area contributed by atoms with Crippen LogP contribution in [0.3, 0.4) is 0 Å². The van der Waals surface area contributed by atoms with Gasteiger partial charge in [-0.2, -0.15) is 0 Å². The number of ether oxygens (including phenoxy) is 2. The zero-order valence-corrected chi connectivity index (χ0v) is 16.3. The van der Waals surface area contributed by atoms with E-state index in [1.165, 1.54) is 5.56 Å². The molecule has 1 amide bonds. The predicted molar refractivity (Wildman–Crippen MR) is 108 cm³/mol. The second-order valence-electron chi connectivity index (χ2n) is 7.52. The average Bonchev–Trinajstić information content (AvgIpc) is 2.79. The summed E-state index contributed by atoms with van der Waals surface area (Å²) in [6, 6.07) is 20.6. The number of amides is 1. The predicted octanol–water partition coefficient (Wildman–Crippen LogP) is 3.65. The van der Waals surface area contributed by atoms with E-state index in [2.05, 4.69) is 35.2 Å². The van der Waals surface area contributed by atoms with Crippen molar-refractivity contribution in [1.82, 2.24) is 9.80 Å². The molecule has 2 saturated heterocycles. The Labute approximate surface area is 166 Å². The standard InChI is InChI=1S/C23H28N2O3/c26-22(28-19-20-7-3-1-4-8-20)24-13-11-23(12-14-24,21-9-5-2-6-10-21)25-15-17-27-18-16-25/h1-10H,11-19H2. The third-order valence-electron chi connectivity index (χ3n) is 5.98. The highest BCUT2D eigenvalue weighted by Crippen LogP contribution is 2.39. The fourth-order valence-electron chi connectivity index (χ4n) is 4.40. The Morgan fingerprint density at radius 1 is 0.893 bits per heavy atom. The van der Waals surface area contributed by atoms with E-state index in [4.69, 9.17) is 9.47 Å². The molecular formula is C23H28N2O3. The van der Waals surface area contributed by atoms with Gasteiger partial charge in [-0.05, 0) is 24.0 Å². The van der Waals surface area contributed by atoms with Crippen LogP contribution in [0.25, 0.3) is 0 Å². The lowest BCUT2D eigenvalue weighted by molar-refractivity contribution is -0.0502. The summed E-state index contributed by atoms with van der Waals surface area (Å²) < 4.78 is 11.1. The number of morpholine rings is 1. The molecule has 0 N–H and O–H groups in total. The molecule has 0 saturated carbocycles. The van der Waals surface area contributed by atoms with Crippen LogP contribution in [0.4, 0.5) is 4.79 Å². The fourth-order valence-corrected chi connectivity index (χ4v) is 4.40. The average molecular weight is 380 g/mol. The lowest BCUT2D eigenvalue weighted by Crippen LogP contribution is -2.57. The molecule has 28 heavy (non-hydrogen) atoms. The van der Waals surface area contributed by atoms with Crippen molar-refractivity contribution in [2.45, 2.75) is 25.0 Å². The smallest absolute Gasteiger partial charge is 0.410 e. The first kappa shape index (κ1) is 19.0. The van der Waals surface area contributed by atoms with Gasteiger partial charge in [-0.3, -0.25) is 4.90 Å². The zero-order valence-electron chi connectivity index (χ0n) is 16.3. The van der Waals surface area contributed by atoms with Crippen LogP contribution in [0.15, 0.2) is 60.7 Å². The van der Waals surface area contributed by atoms with Crippen molar-refractivity contribution in [1.29, 1.82) is 0 Å². The summed E-state index contributed by atoms with van der Waals surface area (Å²) in [5.41, 5.74) is 2.33. The molecule has 2 aliphatic rings. The Kier molecular flexibility index (Phi) is 5.93. The maximum atomic E-state index is 12.6. The Balaban J connectivity index is 1.42. The quantitative estimate of drug-likeness (QED) is 0.812. The summed E-state index contributed by atoms with van der Waals surface area (Å²) in [6.07, 6.45) is 1.61. The normalized spacial score (nSPS) is 19.9. The molecule has 2 aromatic carbocycles. The third-order valence-corrected chi connectivity index (χ3v) is 5.98. The van der Waals surface area contributed by atoms with Gasteiger partial charge in [0.25, 0.3) is 0 Å². The van der Waals surface area contributed by atoms with Crippen LogP contribution in [0.2, 0.25) is 0 Å². The van der Waals surface area contributed by atoms with E-state index in [1.54, 1.807) is 0 Å². The van der Waals surface area contributed by atoms with Crippen LogP contribution < -0.4 is 0 Å². The second-order valence-corrected chi connectivity index (χ2v) is 7.52. The first-order valence-electron chi connectivity index (χ1n) is 10.1. The lowest BCUT2D eigenvalue weighted by Gasteiger charge is -2.50. The molecular weight excluding hydrogens is 352 g/mol. The van der Waals surface area contributed by atoms with E-state index in [1.807, 2.05) is 35.2 Å².